The molecule has 0 bridgehead atoms. The third-order valence-corrected chi connectivity index (χ3v) is 6.66. The highest BCUT2D eigenvalue weighted by atomic mass is 79.9. The zero-order valence-electron chi connectivity index (χ0n) is 19.5. The molecule has 3 aromatic carbocycles. The number of benzene rings is 3. The number of anilines is 1. The number of imidazole rings is 1. The summed E-state index contributed by atoms with van der Waals surface area (Å²) in [4.78, 5) is 33.7. The summed E-state index contributed by atoms with van der Waals surface area (Å²) in [6.07, 6.45) is 4.08. The van der Waals surface area contributed by atoms with E-state index in [4.69, 9.17) is 10.1 Å². The maximum Gasteiger partial charge on any atom is 0.303 e. The van der Waals surface area contributed by atoms with E-state index < -0.39 is 11.9 Å². The first-order valence-corrected chi connectivity index (χ1v) is 12.3. The molecular formula is C28H23BrN4O3. The molecule has 1 aromatic heterocycles. The van der Waals surface area contributed by atoms with E-state index in [1.165, 1.54) is 0 Å². The second-order valence-corrected chi connectivity index (χ2v) is 9.57. The van der Waals surface area contributed by atoms with Crippen LogP contribution in [0.3, 0.4) is 0 Å². The van der Waals surface area contributed by atoms with Crippen LogP contribution in [0.4, 0.5) is 11.4 Å². The van der Waals surface area contributed by atoms with Gasteiger partial charge in [-0.15, -0.1) is 0 Å². The number of nitrogens with one attached hydrogen (secondary N) is 1. The van der Waals surface area contributed by atoms with Gasteiger partial charge in [-0.3, -0.25) is 14.6 Å². The molecular weight excluding hydrogens is 520 g/mol. The average molecular weight is 543 g/mol. The van der Waals surface area contributed by atoms with E-state index in [0.29, 0.717) is 17.8 Å². The Hall–Kier alpha value is -4.04. The second kappa shape index (κ2) is 9.91. The van der Waals surface area contributed by atoms with E-state index in [-0.39, 0.29) is 12.3 Å². The first kappa shape index (κ1) is 23.7. The van der Waals surface area contributed by atoms with Crippen molar-refractivity contribution in [2.24, 2.45) is 12.0 Å². The number of aliphatic carboxylic acids is 1. The highest BCUT2D eigenvalue weighted by Gasteiger charge is 2.35. The Balaban J connectivity index is 1.58. The van der Waals surface area contributed by atoms with Crippen molar-refractivity contribution in [3.8, 4) is 11.4 Å². The molecule has 1 aliphatic heterocycles. The van der Waals surface area contributed by atoms with Gasteiger partial charge in [0, 0.05) is 41.6 Å². The number of aryl methyl sites for hydroxylation is 2. The smallest absolute Gasteiger partial charge is 0.303 e. The van der Waals surface area contributed by atoms with Gasteiger partial charge in [-0.2, -0.15) is 0 Å². The van der Waals surface area contributed by atoms with Gasteiger partial charge in [0.05, 0.1) is 11.4 Å². The molecule has 0 fully saturated rings. The number of carboxylic acid groups (broad SMARTS) is 1. The van der Waals surface area contributed by atoms with Crippen LogP contribution in [0.15, 0.2) is 88.6 Å². The van der Waals surface area contributed by atoms with E-state index in [2.05, 4.69) is 26.2 Å². The minimum Gasteiger partial charge on any atom is -0.481 e. The number of hydrogen-bond donors (Lipinski definition) is 2. The van der Waals surface area contributed by atoms with Gasteiger partial charge in [-0.25, -0.2) is 4.98 Å². The van der Waals surface area contributed by atoms with Crippen LogP contribution in [0.5, 0.6) is 0 Å². The molecule has 8 heteroatoms. The molecule has 1 amide bonds. The van der Waals surface area contributed by atoms with Crippen molar-refractivity contribution >= 4 is 44.9 Å². The van der Waals surface area contributed by atoms with E-state index in [1.54, 1.807) is 6.20 Å². The predicted octanol–water partition coefficient (Wildman–Crippen LogP) is 5.72. The Bertz CT molecular complexity index is 1490. The van der Waals surface area contributed by atoms with Crippen molar-refractivity contribution in [3.63, 3.8) is 0 Å². The van der Waals surface area contributed by atoms with E-state index in [1.807, 2.05) is 84.5 Å². The van der Waals surface area contributed by atoms with Crippen LogP contribution in [0.2, 0.25) is 0 Å². The molecule has 1 atom stereocenters. The fourth-order valence-corrected chi connectivity index (χ4v) is 4.77. The number of aliphatic imine (C=N–C) groups is 1. The van der Waals surface area contributed by atoms with Gasteiger partial charge in [0.15, 0.2) is 0 Å². The topological polar surface area (TPSA) is 96.6 Å². The van der Waals surface area contributed by atoms with Gasteiger partial charge in [-0.1, -0.05) is 40.2 Å². The van der Waals surface area contributed by atoms with Crippen molar-refractivity contribution in [3.05, 3.63) is 100 Å². The van der Waals surface area contributed by atoms with Crippen LogP contribution in [-0.4, -0.2) is 32.2 Å². The maximum atomic E-state index is 13.2. The van der Waals surface area contributed by atoms with Crippen molar-refractivity contribution in [2.75, 3.05) is 5.32 Å². The summed E-state index contributed by atoms with van der Waals surface area (Å²) in [6.45, 7) is 0. The van der Waals surface area contributed by atoms with Gasteiger partial charge in [0.1, 0.15) is 11.7 Å². The highest BCUT2D eigenvalue weighted by Crippen LogP contribution is 2.38. The minimum atomic E-state index is -0.850. The number of halogens is 1. The second-order valence-electron chi connectivity index (χ2n) is 8.65. The standard InChI is InChI=1S/C28H23BrN4O3/c1-33-14-13-30-27(33)18-6-9-21(10-7-18)31-26(19-4-2-3-17(15-19)5-12-24(34)35)25-22-11-8-20(29)16-23(22)32-28(25)36/h2-4,6-11,13-16,25H,5,12H2,1H3,(H,32,36)(H,34,35). The van der Waals surface area contributed by atoms with Crippen LogP contribution >= 0.6 is 15.9 Å². The first-order chi connectivity index (χ1) is 17.4. The first-order valence-electron chi connectivity index (χ1n) is 11.5. The Kier molecular flexibility index (Phi) is 6.52. The number of carboxylic acids is 1. The molecule has 4 aromatic rings. The summed E-state index contributed by atoms with van der Waals surface area (Å²) in [6, 6.07) is 21.1. The van der Waals surface area contributed by atoms with Gasteiger partial charge in [-0.05, 0) is 65.6 Å². The largest absolute Gasteiger partial charge is 0.481 e. The average Bonchev–Trinajstić information content (AvgIpc) is 3.43. The summed E-state index contributed by atoms with van der Waals surface area (Å²) in [5.41, 5.74) is 5.53. The molecule has 2 heterocycles. The molecule has 0 aliphatic carbocycles. The normalized spacial score (nSPS) is 15.0. The number of carbonyl (C=O) groups is 2. The lowest BCUT2D eigenvalue weighted by molar-refractivity contribution is -0.137. The van der Waals surface area contributed by atoms with E-state index >= 15 is 0 Å². The van der Waals surface area contributed by atoms with Crippen LogP contribution in [0.25, 0.3) is 11.4 Å². The monoisotopic (exact) mass is 542 g/mol. The number of aromatic nitrogens is 2. The molecule has 2 N–H and O–H groups in total. The molecule has 180 valence electrons. The summed E-state index contributed by atoms with van der Waals surface area (Å²) < 4.78 is 2.82. The summed E-state index contributed by atoms with van der Waals surface area (Å²) in [5, 5.41) is 12.1. The lowest BCUT2D eigenvalue weighted by atomic mass is 9.89. The fraction of sp³-hybridized carbons (Fsp3) is 0.143. The van der Waals surface area contributed by atoms with Crippen LogP contribution in [-0.2, 0) is 23.1 Å². The van der Waals surface area contributed by atoms with Crippen LogP contribution in [0, 0.1) is 0 Å². The lowest BCUT2D eigenvalue weighted by Crippen LogP contribution is -2.22. The molecule has 0 spiro atoms. The summed E-state index contributed by atoms with van der Waals surface area (Å²) >= 11 is 3.47. The number of nitrogens with zero attached hydrogens (tertiary/aromatic N) is 3. The number of carbonyl (C=O) groups excluding carboxylic acids is 1. The number of fused-ring (bicyclic) bond motifs is 1. The summed E-state index contributed by atoms with van der Waals surface area (Å²) in [7, 11) is 1.94. The van der Waals surface area contributed by atoms with Gasteiger partial charge < -0.3 is 15.0 Å². The fourth-order valence-electron chi connectivity index (χ4n) is 4.41. The van der Waals surface area contributed by atoms with Gasteiger partial charge in [0.25, 0.3) is 0 Å². The van der Waals surface area contributed by atoms with Crippen molar-refractivity contribution in [2.45, 2.75) is 18.8 Å². The molecule has 1 unspecified atom stereocenters. The molecule has 5 rings (SSSR count). The van der Waals surface area contributed by atoms with Crippen molar-refractivity contribution < 1.29 is 14.7 Å². The van der Waals surface area contributed by atoms with E-state index in [9.17, 15) is 9.59 Å². The highest BCUT2D eigenvalue weighted by molar-refractivity contribution is 9.10. The third-order valence-electron chi connectivity index (χ3n) is 6.17. The third kappa shape index (κ3) is 4.85. The van der Waals surface area contributed by atoms with Crippen molar-refractivity contribution in [1.29, 1.82) is 0 Å². The molecule has 36 heavy (non-hydrogen) atoms. The Morgan fingerprint density at radius 2 is 1.94 bits per heavy atom. The van der Waals surface area contributed by atoms with Gasteiger partial charge >= 0.3 is 5.97 Å². The summed E-state index contributed by atoms with van der Waals surface area (Å²) in [5.74, 6) is -0.747. The maximum absolute atomic E-state index is 13.2. The molecule has 1 aliphatic rings. The van der Waals surface area contributed by atoms with Gasteiger partial charge in [0.2, 0.25) is 5.91 Å². The molecule has 0 saturated carbocycles. The Labute approximate surface area is 216 Å². The molecule has 0 saturated heterocycles. The molecule has 7 nitrogen and oxygen atoms in total. The van der Waals surface area contributed by atoms with Crippen molar-refractivity contribution in [1.82, 2.24) is 9.55 Å². The van der Waals surface area contributed by atoms with Crippen LogP contribution in [0.1, 0.15) is 29.0 Å². The number of rotatable bonds is 7. The Morgan fingerprint density at radius 1 is 1.14 bits per heavy atom. The SMILES string of the molecule is Cn1ccnc1-c1ccc(N=C(c2cccc(CCC(=O)O)c2)C2C(=O)Nc3cc(Br)ccc32)cc1. The zero-order valence-corrected chi connectivity index (χ0v) is 21.1. The lowest BCUT2D eigenvalue weighted by Gasteiger charge is -2.15. The number of amides is 1. The Morgan fingerprint density at radius 3 is 2.67 bits per heavy atom. The quantitative estimate of drug-likeness (QED) is 0.291. The number of hydrogen-bond acceptors (Lipinski definition) is 4. The van der Waals surface area contributed by atoms with Crippen LogP contribution < -0.4 is 5.32 Å². The predicted molar refractivity (Wildman–Crippen MR) is 143 cm³/mol. The minimum absolute atomic E-state index is 0.0331. The molecule has 0 radical (unpaired) electrons. The van der Waals surface area contributed by atoms with E-state index in [0.717, 1.165) is 38.2 Å². The zero-order chi connectivity index (χ0) is 25.2.